The van der Waals surface area contributed by atoms with Gasteiger partial charge in [-0.3, -0.25) is 9.59 Å². The minimum Gasteiger partial charge on any atom is -0.480 e. The van der Waals surface area contributed by atoms with Gasteiger partial charge in [-0.1, -0.05) is 44.2 Å². The summed E-state index contributed by atoms with van der Waals surface area (Å²) in [6, 6.07) is 9.42. The van der Waals surface area contributed by atoms with Crippen molar-refractivity contribution in [3.05, 3.63) is 35.9 Å². The molecule has 0 saturated heterocycles. The molecular formula is C14H19NO3. The summed E-state index contributed by atoms with van der Waals surface area (Å²) in [5.41, 5.74) is 0.940. The first-order valence-corrected chi connectivity index (χ1v) is 6.09. The van der Waals surface area contributed by atoms with Crippen molar-refractivity contribution >= 4 is 11.9 Å². The summed E-state index contributed by atoms with van der Waals surface area (Å²) in [6.45, 7) is 3.83. The van der Waals surface area contributed by atoms with Crippen LogP contribution in [-0.4, -0.2) is 28.4 Å². The quantitative estimate of drug-likeness (QED) is 0.840. The Bertz CT molecular complexity index is 403. The summed E-state index contributed by atoms with van der Waals surface area (Å²) in [4.78, 5) is 24.3. The number of amides is 1. The molecule has 1 rings (SSSR count). The lowest BCUT2D eigenvalue weighted by atomic mass is 10.1. The molecule has 0 bridgehead atoms. The summed E-state index contributed by atoms with van der Waals surface area (Å²) >= 11 is 0. The van der Waals surface area contributed by atoms with Gasteiger partial charge in [0.25, 0.3) is 0 Å². The molecule has 0 aromatic heterocycles. The first kappa shape index (κ1) is 14.2. The molecule has 4 heteroatoms. The molecular weight excluding hydrogens is 230 g/mol. The largest absolute Gasteiger partial charge is 0.480 e. The van der Waals surface area contributed by atoms with E-state index in [1.165, 1.54) is 4.90 Å². The first-order valence-electron chi connectivity index (χ1n) is 6.09. The second-order valence-electron chi connectivity index (χ2n) is 4.38. The fourth-order valence-electron chi connectivity index (χ4n) is 1.67. The average molecular weight is 249 g/mol. The Balaban J connectivity index is 2.78. The SMILES string of the molecule is CCC(C)C(=O)N(CC(=O)O)Cc1ccccc1. The van der Waals surface area contributed by atoms with Gasteiger partial charge < -0.3 is 10.0 Å². The van der Waals surface area contributed by atoms with Crippen molar-refractivity contribution < 1.29 is 14.7 Å². The maximum Gasteiger partial charge on any atom is 0.323 e. The molecule has 1 atom stereocenters. The Morgan fingerprint density at radius 3 is 2.39 bits per heavy atom. The Labute approximate surface area is 107 Å². The number of hydrogen-bond acceptors (Lipinski definition) is 2. The molecule has 18 heavy (non-hydrogen) atoms. The van der Waals surface area contributed by atoms with Gasteiger partial charge in [-0.2, -0.15) is 0 Å². The summed E-state index contributed by atoms with van der Waals surface area (Å²) in [7, 11) is 0. The van der Waals surface area contributed by atoms with Crippen LogP contribution in [0.5, 0.6) is 0 Å². The zero-order valence-corrected chi connectivity index (χ0v) is 10.8. The summed E-state index contributed by atoms with van der Waals surface area (Å²) < 4.78 is 0. The molecule has 1 N–H and O–H groups in total. The molecule has 1 unspecified atom stereocenters. The third-order valence-electron chi connectivity index (χ3n) is 2.89. The highest BCUT2D eigenvalue weighted by atomic mass is 16.4. The smallest absolute Gasteiger partial charge is 0.323 e. The molecule has 0 radical (unpaired) electrons. The lowest BCUT2D eigenvalue weighted by Gasteiger charge is -2.23. The molecule has 0 aliphatic rings. The average Bonchev–Trinajstić information content (AvgIpc) is 2.37. The lowest BCUT2D eigenvalue weighted by molar-refractivity contribution is -0.146. The van der Waals surface area contributed by atoms with Gasteiger partial charge in [-0.05, 0) is 12.0 Å². The number of nitrogens with zero attached hydrogens (tertiary/aromatic N) is 1. The molecule has 1 aromatic rings. The minimum absolute atomic E-state index is 0.108. The number of carbonyl (C=O) groups is 2. The van der Waals surface area contributed by atoms with Crippen LogP contribution in [-0.2, 0) is 16.1 Å². The highest BCUT2D eigenvalue weighted by Crippen LogP contribution is 2.11. The zero-order valence-electron chi connectivity index (χ0n) is 10.8. The number of aliphatic carboxylic acids is 1. The standard InChI is InChI=1S/C14H19NO3/c1-3-11(2)14(18)15(10-13(16)17)9-12-7-5-4-6-8-12/h4-8,11H,3,9-10H2,1-2H3,(H,16,17). The van der Waals surface area contributed by atoms with E-state index >= 15 is 0 Å². The third-order valence-corrected chi connectivity index (χ3v) is 2.89. The van der Waals surface area contributed by atoms with Crippen LogP contribution in [0, 0.1) is 5.92 Å². The Morgan fingerprint density at radius 2 is 1.89 bits per heavy atom. The molecule has 0 heterocycles. The topological polar surface area (TPSA) is 57.6 Å². The van der Waals surface area contributed by atoms with Crippen molar-refractivity contribution in [3.63, 3.8) is 0 Å². The predicted molar refractivity (Wildman–Crippen MR) is 68.9 cm³/mol. The second-order valence-corrected chi connectivity index (χ2v) is 4.38. The van der Waals surface area contributed by atoms with E-state index < -0.39 is 5.97 Å². The van der Waals surface area contributed by atoms with Crippen LogP contribution in [0.25, 0.3) is 0 Å². The molecule has 0 aliphatic heterocycles. The number of carboxylic acids is 1. The zero-order chi connectivity index (χ0) is 13.5. The van der Waals surface area contributed by atoms with Crippen molar-refractivity contribution in [2.24, 2.45) is 5.92 Å². The van der Waals surface area contributed by atoms with Crippen LogP contribution in [0.1, 0.15) is 25.8 Å². The fourth-order valence-corrected chi connectivity index (χ4v) is 1.67. The van der Waals surface area contributed by atoms with Gasteiger partial charge in [0.2, 0.25) is 5.91 Å². The van der Waals surface area contributed by atoms with Crippen LogP contribution >= 0.6 is 0 Å². The fraction of sp³-hybridized carbons (Fsp3) is 0.429. The molecule has 1 amide bonds. The van der Waals surface area contributed by atoms with Crippen molar-refractivity contribution in [1.82, 2.24) is 4.90 Å². The molecule has 4 nitrogen and oxygen atoms in total. The Hall–Kier alpha value is -1.84. The van der Waals surface area contributed by atoms with E-state index in [9.17, 15) is 9.59 Å². The molecule has 98 valence electrons. The Morgan fingerprint density at radius 1 is 1.28 bits per heavy atom. The number of carbonyl (C=O) groups excluding carboxylic acids is 1. The van der Waals surface area contributed by atoms with E-state index in [-0.39, 0.29) is 18.4 Å². The van der Waals surface area contributed by atoms with E-state index in [0.29, 0.717) is 13.0 Å². The lowest BCUT2D eigenvalue weighted by Crippen LogP contribution is -2.38. The van der Waals surface area contributed by atoms with E-state index in [1.54, 1.807) is 0 Å². The van der Waals surface area contributed by atoms with Crippen LogP contribution in [0.15, 0.2) is 30.3 Å². The summed E-state index contributed by atoms with van der Waals surface area (Å²) in [6.07, 6.45) is 0.712. The number of benzene rings is 1. The van der Waals surface area contributed by atoms with Crippen LogP contribution in [0.3, 0.4) is 0 Å². The van der Waals surface area contributed by atoms with Gasteiger partial charge in [0.05, 0.1) is 0 Å². The van der Waals surface area contributed by atoms with Gasteiger partial charge in [-0.15, -0.1) is 0 Å². The van der Waals surface area contributed by atoms with E-state index in [2.05, 4.69) is 0 Å². The van der Waals surface area contributed by atoms with Crippen LogP contribution in [0.2, 0.25) is 0 Å². The van der Waals surface area contributed by atoms with Crippen molar-refractivity contribution in [1.29, 1.82) is 0 Å². The van der Waals surface area contributed by atoms with Gasteiger partial charge in [0, 0.05) is 12.5 Å². The van der Waals surface area contributed by atoms with Crippen molar-refractivity contribution in [2.75, 3.05) is 6.54 Å². The normalized spacial score (nSPS) is 11.9. The molecule has 0 saturated carbocycles. The van der Waals surface area contributed by atoms with E-state index in [0.717, 1.165) is 5.56 Å². The number of hydrogen-bond donors (Lipinski definition) is 1. The van der Waals surface area contributed by atoms with E-state index in [1.807, 2.05) is 44.2 Å². The predicted octanol–water partition coefficient (Wildman–Crippen LogP) is 2.15. The Kier molecular flexibility index (Phi) is 5.36. The monoisotopic (exact) mass is 249 g/mol. The molecule has 1 aromatic carbocycles. The van der Waals surface area contributed by atoms with Gasteiger partial charge in [0.15, 0.2) is 0 Å². The number of rotatable bonds is 6. The molecule has 0 fully saturated rings. The maximum absolute atomic E-state index is 12.1. The van der Waals surface area contributed by atoms with Gasteiger partial charge in [0.1, 0.15) is 6.54 Å². The van der Waals surface area contributed by atoms with Crippen molar-refractivity contribution in [2.45, 2.75) is 26.8 Å². The van der Waals surface area contributed by atoms with E-state index in [4.69, 9.17) is 5.11 Å². The molecule has 0 aliphatic carbocycles. The molecule has 0 spiro atoms. The van der Waals surface area contributed by atoms with Gasteiger partial charge >= 0.3 is 5.97 Å². The van der Waals surface area contributed by atoms with Crippen LogP contribution < -0.4 is 0 Å². The summed E-state index contributed by atoms with van der Waals surface area (Å²) in [5, 5.41) is 8.87. The highest BCUT2D eigenvalue weighted by Gasteiger charge is 2.21. The van der Waals surface area contributed by atoms with Crippen molar-refractivity contribution in [3.8, 4) is 0 Å². The third kappa shape index (κ3) is 4.20. The second kappa shape index (κ2) is 6.79. The summed E-state index contributed by atoms with van der Waals surface area (Å²) in [5.74, 6) is -1.24. The van der Waals surface area contributed by atoms with Gasteiger partial charge in [-0.25, -0.2) is 0 Å². The van der Waals surface area contributed by atoms with Crippen LogP contribution in [0.4, 0.5) is 0 Å². The number of carboxylic acid groups (broad SMARTS) is 1. The highest BCUT2D eigenvalue weighted by molar-refractivity contribution is 5.82. The maximum atomic E-state index is 12.1. The first-order chi connectivity index (χ1) is 8.54. The minimum atomic E-state index is -0.984.